The molecule has 18 heavy (non-hydrogen) atoms. The van der Waals surface area contributed by atoms with Gasteiger partial charge in [0.25, 0.3) is 0 Å². The van der Waals surface area contributed by atoms with Crippen molar-refractivity contribution >= 4 is 11.9 Å². The van der Waals surface area contributed by atoms with E-state index in [0.29, 0.717) is 0 Å². The monoisotopic (exact) mass is 255 g/mol. The van der Waals surface area contributed by atoms with E-state index in [9.17, 15) is 9.59 Å². The first-order valence-electron chi connectivity index (χ1n) is 5.18. The van der Waals surface area contributed by atoms with E-state index >= 15 is 0 Å². The molecule has 0 fully saturated rings. The highest BCUT2D eigenvalue weighted by atomic mass is 16.4. The Labute approximate surface area is 105 Å². The van der Waals surface area contributed by atoms with E-state index in [4.69, 9.17) is 15.3 Å². The molecule has 0 saturated carbocycles. The molecule has 1 unspecified atom stereocenters. The van der Waals surface area contributed by atoms with Crippen molar-refractivity contribution in [3.63, 3.8) is 0 Å². The minimum Gasteiger partial charge on any atom is -0.507 e. The molecule has 1 aromatic rings. The Morgan fingerprint density at radius 3 is 1.89 bits per heavy atom. The minimum absolute atomic E-state index is 0.0671. The van der Waals surface area contributed by atoms with Gasteiger partial charge in [0.1, 0.15) is 17.4 Å². The highest BCUT2D eigenvalue weighted by Crippen LogP contribution is 2.14. The zero-order valence-electron chi connectivity index (χ0n) is 10.5. The highest BCUT2D eigenvalue weighted by Gasteiger charge is 2.11. The van der Waals surface area contributed by atoms with Gasteiger partial charge in [-0.15, -0.1) is 0 Å². The summed E-state index contributed by atoms with van der Waals surface area (Å²) in [6, 6.07) is 5.43. The second-order valence-electron chi connectivity index (χ2n) is 3.80. The molecule has 0 aromatic heterocycles. The molecule has 0 radical (unpaired) electrons. The van der Waals surface area contributed by atoms with Crippen molar-refractivity contribution < 1.29 is 24.9 Å². The molecular formula is C12H17NO5. The van der Waals surface area contributed by atoms with E-state index in [1.807, 2.05) is 0 Å². The van der Waals surface area contributed by atoms with Crippen LogP contribution in [0.3, 0.4) is 0 Å². The maximum Gasteiger partial charge on any atom is 0.339 e. The zero-order valence-corrected chi connectivity index (χ0v) is 10.5. The number of hydrogen-bond donors (Lipinski definition) is 3. The van der Waals surface area contributed by atoms with Crippen LogP contribution in [0.2, 0.25) is 0 Å². The van der Waals surface area contributed by atoms with Crippen LogP contribution in [0, 0.1) is 0 Å². The van der Waals surface area contributed by atoms with E-state index < -0.39 is 11.9 Å². The molecule has 0 spiro atoms. The minimum atomic E-state index is -1.11. The lowest BCUT2D eigenvalue weighted by atomic mass is 10.2. The van der Waals surface area contributed by atoms with Crippen molar-refractivity contribution in [3.05, 3.63) is 29.8 Å². The van der Waals surface area contributed by atoms with Crippen LogP contribution in [0.15, 0.2) is 24.3 Å². The van der Waals surface area contributed by atoms with Crippen LogP contribution < -0.4 is 0 Å². The SMILES string of the molecule is CC(C(=O)O)N(C)C.O=C(O)c1ccccc1O. The lowest BCUT2D eigenvalue weighted by Gasteiger charge is -2.13. The van der Waals surface area contributed by atoms with Gasteiger partial charge in [0.15, 0.2) is 0 Å². The smallest absolute Gasteiger partial charge is 0.339 e. The maximum atomic E-state index is 10.3. The first-order valence-corrected chi connectivity index (χ1v) is 5.18. The summed E-state index contributed by atoms with van der Waals surface area (Å²) >= 11 is 0. The van der Waals surface area contributed by atoms with Gasteiger partial charge < -0.3 is 15.3 Å². The number of aromatic carboxylic acids is 1. The van der Waals surface area contributed by atoms with E-state index in [1.54, 1.807) is 38.1 Å². The van der Waals surface area contributed by atoms with Gasteiger partial charge in [-0.3, -0.25) is 9.69 Å². The third-order valence-corrected chi connectivity index (χ3v) is 2.27. The average Bonchev–Trinajstić information content (AvgIpc) is 2.28. The molecule has 6 heteroatoms. The molecule has 1 rings (SSSR count). The van der Waals surface area contributed by atoms with Gasteiger partial charge in [0.05, 0.1) is 0 Å². The van der Waals surface area contributed by atoms with Crippen LogP contribution in [-0.4, -0.2) is 52.3 Å². The summed E-state index contributed by atoms with van der Waals surface area (Å²) < 4.78 is 0. The summed E-state index contributed by atoms with van der Waals surface area (Å²) in [6.07, 6.45) is 0. The Bertz CT molecular complexity index is 417. The summed E-state index contributed by atoms with van der Waals surface area (Å²) in [7, 11) is 3.47. The van der Waals surface area contributed by atoms with Crippen molar-refractivity contribution in [3.8, 4) is 5.75 Å². The Morgan fingerprint density at radius 1 is 1.17 bits per heavy atom. The molecule has 100 valence electrons. The first kappa shape index (κ1) is 15.9. The molecular weight excluding hydrogens is 238 g/mol. The molecule has 6 nitrogen and oxygen atoms in total. The fourth-order valence-corrected chi connectivity index (χ4v) is 0.875. The number of benzene rings is 1. The Morgan fingerprint density at radius 2 is 1.67 bits per heavy atom. The molecule has 0 aliphatic rings. The molecule has 3 N–H and O–H groups in total. The molecule has 1 atom stereocenters. The fraction of sp³-hybridized carbons (Fsp3) is 0.333. The maximum absolute atomic E-state index is 10.3. The second kappa shape index (κ2) is 7.29. The van der Waals surface area contributed by atoms with Gasteiger partial charge in [-0.1, -0.05) is 12.1 Å². The number of hydrogen-bond acceptors (Lipinski definition) is 4. The number of para-hydroxylation sites is 1. The average molecular weight is 255 g/mol. The van der Waals surface area contributed by atoms with Crippen molar-refractivity contribution in [1.29, 1.82) is 0 Å². The zero-order chi connectivity index (χ0) is 14.3. The number of nitrogens with zero attached hydrogens (tertiary/aromatic N) is 1. The third kappa shape index (κ3) is 5.31. The largest absolute Gasteiger partial charge is 0.507 e. The van der Waals surface area contributed by atoms with Crippen LogP contribution in [0.4, 0.5) is 0 Å². The van der Waals surface area contributed by atoms with Crippen LogP contribution in [0.25, 0.3) is 0 Å². The predicted molar refractivity (Wildman–Crippen MR) is 65.9 cm³/mol. The molecule has 0 amide bonds. The summed E-state index contributed by atoms with van der Waals surface area (Å²) in [4.78, 5) is 22.0. The Hall–Kier alpha value is -2.08. The number of aromatic hydroxyl groups is 1. The standard InChI is InChI=1S/C7H6O3.C5H11NO2/c8-6-4-2-1-3-5(6)7(9)10;1-4(5(7)8)6(2)3/h1-4,8H,(H,9,10);4H,1-3H3,(H,7,8). The lowest BCUT2D eigenvalue weighted by Crippen LogP contribution is -2.32. The normalized spacial score (nSPS) is 11.3. The lowest BCUT2D eigenvalue weighted by molar-refractivity contribution is -0.141. The molecule has 0 aliphatic carbocycles. The van der Waals surface area contributed by atoms with Crippen molar-refractivity contribution in [2.24, 2.45) is 0 Å². The third-order valence-electron chi connectivity index (χ3n) is 2.27. The number of carboxylic acid groups (broad SMARTS) is 2. The van der Waals surface area contributed by atoms with Crippen LogP contribution in [-0.2, 0) is 4.79 Å². The molecule has 1 aromatic carbocycles. The number of carboxylic acids is 2. The summed E-state index contributed by atoms with van der Waals surface area (Å²) in [6.45, 7) is 1.64. The Balaban J connectivity index is 0.000000331. The number of phenols is 1. The van der Waals surface area contributed by atoms with Crippen LogP contribution >= 0.6 is 0 Å². The molecule has 0 heterocycles. The van der Waals surface area contributed by atoms with Gasteiger partial charge in [0.2, 0.25) is 0 Å². The molecule has 0 saturated heterocycles. The van der Waals surface area contributed by atoms with Crippen molar-refractivity contribution in [2.75, 3.05) is 14.1 Å². The van der Waals surface area contributed by atoms with Gasteiger partial charge in [0, 0.05) is 0 Å². The number of likely N-dealkylation sites (N-methyl/N-ethyl adjacent to an activating group) is 1. The van der Waals surface area contributed by atoms with Gasteiger partial charge in [-0.25, -0.2) is 4.79 Å². The van der Waals surface area contributed by atoms with Crippen molar-refractivity contribution in [2.45, 2.75) is 13.0 Å². The number of aliphatic carboxylic acids is 1. The van der Waals surface area contributed by atoms with E-state index in [2.05, 4.69) is 0 Å². The topological polar surface area (TPSA) is 98.1 Å². The summed E-state index contributed by atoms with van der Waals surface area (Å²) in [5, 5.41) is 25.6. The fourth-order valence-electron chi connectivity index (χ4n) is 0.875. The number of rotatable bonds is 3. The quantitative estimate of drug-likeness (QED) is 0.748. The van der Waals surface area contributed by atoms with Gasteiger partial charge in [-0.05, 0) is 33.2 Å². The van der Waals surface area contributed by atoms with E-state index in [-0.39, 0.29) is 17.4 Å². The van der Waals surface area contributed by atoms with Gasteiger partial charge in [-0.2, -0.15) is 0 Å². The molecule has 0 bridgehead atoms. The first-order chi connectivity index (χ1) is 8.27. The van der Waals surface area contributed by atoms with Gasteiger partial charge >= 0.3 is 11.9 Å². The second-order valence-corrected chi connectivity index (χ2v) is 3.80. The predicted octanol–water partition coefficient (Wildman–Crippen LogP) is 1.11. The summed E-state index contributed by atoms with van der Waals surface area (Å²) in [5.41, 5.74) is -0.0671. The summed E-state index contributed by atoms with van der Waals surface area (Å²) in [5.74, 6) is -2.09. The number of carbonyl (C=O) groups is 2. The Kier molecular flexibility index (Phi) is 6.44. The molecule has 0 aliphatic heterocycles. The van der Waals surface area contributed by atoms with Crippen LogP contribution in [0.5, 0.6) is 5.75 Å². The highest BCUT2D eigenvalue weighted by molar-refractivity contribution is 5.90. The van der Waals surface area contributed by atoms with E-state index in [1.165, 1.54) is 12.1 Å². The van der Waals surface area contributed by atoms with E-state index in [0.717, 1.165) is 0 Å². The van der Waals surface area contributed by atoms with Crippen LogP contribution in [0.1, 0.15) is 17.3 Å². The van der Waals surface area contributed by atoms with Crippen molar-refractivity contribution in [1.82, 2.24) is 4.90 Å².